The lowest BCUT2D eigenvalue weighted by Crippen LogP contribution is -2.21. The van der Waals surface area contributed by atoms with Gasteiger partial charge in [-0.3, -0.25) is 4.98 Å². The number of aromatic nitrogens is 1. The van der Waals surface area contributed by atoms with E-state index in [0.717, 1.165) is 5.56 Å². The molecule has 7 nitrogen and oxygen atoms in total. The summed E-state index contributed by atoms with van der Waals surface area (Å²) in [4.78, 5) is 16.4. The lowest BCUT2D eigenvalue weighted by Gasteiger charge is -2.15. The zero-order valence-corrected chi connectivity index (χ0v) is 17.5. The zero-order valence-electron chi connectivity index (χ0n) is 16.7. The average molecular weight is 427 g/mol. The Labute approximate surface area is 180 Å². The van der Waals surface area contributed by atoms with Crippen LogP contribution in [0, 0.1) is 6.92 Å². The summed E-state index contributed by atoms with van der Waals surface area (Å²) < 4.78 is 11.4. The second kappa shape index (κ2) is 10.5. The van der Waals surface area contributed by atoms with E-state index in [4.69, 9.17) is 21.1 Å². The van der Waals surface area contributed by atoms with E-state index in [0.29, 0.717) is 46.8 Å². The average Bonchev–Trinajstić information content (AvgIpc) is 2.74. The summed E-state index contributed by atoms with van der Waals surface area (Å²) in [5, 5.41) is 9.19. The smallest absolute Gasteiger partial charge is 0.323 e. The van der Waals surface area contributed by atoms with Gasteiger partial charge in [-0.25, -0.2) is 4.79 Å². The van der Waals surface area contributed by atoms with Crippen LogP contribution in [0.1, 0.15) is 5.56 Å². The summed E-state index contributed by atoms with van der Waals surface area (Å²) in [6.07, 6.45) is 3.32. The third kappa shape index (κ3) is 6.10. The maximum absolute atomic E-state index is 12.5. The summed E-state index contributed by atoms with van der Waals surface area (Å²) in [5.74, 6) is 1.85. The van der Waals surface area contributed by atoms with Crippen LogP contribution in [0.5, 0.6) is 17.2 Å². The summed E-state index contributed by atoms with van der Waals surface area (Å²) in [6.45, 7) is 2.99. The third-order valence-electron chi connectivity index (χ3n) is 4.12. The van der Waals surface area contributed by atoms with Crippen molar-refractivity contribution in [2.45, 2.75) is 6.92 Å². The van der Waals surface area contributed by atoms with Crippen molar-refractivity contribution in [3.05, 3.63) is 71.5 Å². The molecule has 0 aliphatic heterocycles. The van der Waals surface area contributed by atoms with E-state index in [1.54, 1.807) is 60.9 Å². The van der Waals surface area contributed by atoms with Gasteiger partial charge in [-0.15, -0.1) is 0 Å². The van der Waals surface area contributed by atoms with Crippen LogP contribution in [0.3, 0.4) is 0 Å². The molecule has 0 bridgehead atoms. The predicted octanol–water partition coefficient (Wildman–Crippen LogP) is 5.08. The van der Waals surface area contributed by atoms with Gasteiger partial charge in [0.25, 0.3) is 0 Å². The Morgan fingerprint density at radius 2 is 1.73 bits per heavy atom. The van der Waals surface area contributed by atoms with Crippen molar-refractivity contribution in [3.8, 4) is 17.2 Å². The molecule has 0 saturated heterocycles. The van der Waals surface area contributed by atoms with E-state index in [9.17, 15) is 4.79 Å². The van der Waals surface area contributed by atoms with E-state index < -0.39 is 6.03 Å². The largest absolute Gasteiger partial charge is 0.490 e. The number of anilines is 2. The molecule has 156 valence electrons. The van der Waals surface area contributed by atoms with E-state index in [2.05, 4.69) is 20.9 Å². The van der Waals surface area contributed by atoms with Gasteiger partial charge in [0.1, 0.15) is 23.9 Å². The predicted molar refractivity (Wildman–Crippen MR) is 119 cm³/mol. The van der Waals surface area contributed by atoms with Crippen molar-refractivity contribution in [2.75, 3.05) is 30.8 Å². The van der Waals surface area contributed by atoms with Crippen LogP contribution in [0.4, 0.5) is 16.2 Å². The maximum atomic E-state index is 12.5. The fraction of sp³-hybridized carbons (Fsp3) is 0.182. The Kier molecular flexibility index (Phi) is 7.48. The molecule has 0 unspecified atom stereocenters. The van der Waals surface area contributed by atoms with Gasteiger partial charge in [0.2, 0.25) is 0 Å². The van der Waals surface area contributed by atoms with Crippen molar-refractivity contribution < 1.29 is 14.3 Å². The Morgan fingerprint density at radius 3 is 2.43 bits per heavy atom. The zero-order chi connectivity index (χ0) is 21.3. The quantitative estimate of drug-likeness (QED) is 0.437. The van der Waals surface area contributed by atoms with Crippen molar-refractivity contribution in [3.63, 3.8) is 0 Å². The highest BCUT2D eigenvalue weighted by Gasteiger charge is 2.11. The molecule has 3 aromatic rings. The Balaban J connectivity index is 1.63. The highest BCUT2D eigenvalue weighted by Crippen LogP contribution is 2.31. The van der Waals surface area contributed by atoms with Gasteiger partial charge in [-0.2, -0.15) is 0 Å². The number of amides is 2. The number of carbonyl (C=O) groups excluding carboxylic acids is 1. The van der Waals surface area contributed by atoms with E-state index in [1.165, 1.54) is 0 Å². The number of benzene rings is 2. The molecule has 0 aliphatic carbocycles. The van der Waals surface area contributed by atoms with E-state index >= 15 is 0 Å². The van der Waals surface area contributed by atoms with Gasteiger partial charge in [-0.05, 0) is 62.0 Å². The normalized spacial score (nSPS) is 10.4. The highest BCUT2D eigenvalue weighted by molar-refractivity contribution is 6.31. The van der Waals surface area contributed by atoms with E-state index in [-0.39, 0.29) is 0 Å². The standard InChI is InChI=1S/C22H23ClN4O3/c1-15-13-20(21(14-19(15)23)29-12-11-24-2)27-22(28)26-16-3-5-17(6-4-16)30-18-7-9-25-10-8-18/h3-10,13-14,24H,11-12H2,1-2H3,(H2,26,27,28). The van der Waals surface area contributed by atoms with E-state index in [1.807, 2.05) is 14.0 Å². The molecule has 0 saturated carbocycles. The number of nitrogens with one attached hydrogen (secondary N) is 3. The summed E-state index contributed by atoms with van der Waals surface area (Å²) in [7, 11) is 1.84. The molecule has 0 atom stereocenters. The van der Waals surface area contributed by atoms with Gasteiger partial charge in [-0.1, -0.05) is 11.6 Å². The first-order valence-corrected chi connectivity index (χ1v) is 9.76. The number of likely N-dealkylation sites (N-methyl/N-ethyl adjacent to an activating group) is 1. The van der Waals surface area contributed by atoms with Crippen LogP contribution in [-0.2, 0) is 0 Å². The lowest BCUT2D eigenvalue weighted by molar-refractivity contribution is 0.262. The number of pyridine rings is 1. The molecule has 30 heavy (non-hydrogen) atoms. The molecule has 3 rings (SSSR count). The van der Waals surface area contributed by atoms with Crippen LogP contribution in [0.15, 0.2) is 60.9 Å². The Bertz CT molecular complexity index is 982. The highest BCUT2D eigenvalue weighted by atomic mass is 35.5. The molecular weight excluding hydrogens is 404 g/mol. The molecule has 0 aliphatic rings. The topological polar surface area (TPSA) is 84.5 Å². The molecule has 2 amide bonds. The van der Waals surface area contributed by atoms with Gasteiger partial charge >= 0.3 is 6.03 Å². The number of urea groups is 1. The van der Waals surface area contributed by atoms with Gasteiger partial charge < -0.3 is 25.4 Å². The fourth-order valence-electron chi connectivity index (χ4n) is 2.58. The van der Waals surface area contributed by atoms with Crippen LogP contribution in [0.2, 0.25) is 5.02 Å². The van der Waals surface area contributed by atoms with Crippen molar-refractivity contribution in [2.24, 2.45) is 0 Å². The summed E-state index contributed by atoms with van der Waals surface area (Å²) >= 11 is 6.20. The molecular formula is C22H23ClN4O3. The van der Waals surface area contributed by atoms with Crippen LogP contribution >= 0.6 is 11.6 Å². The number of carbonyl (C=O) groups is 1. The number of hydrogen-bond donors (Lipinski definition) is 3. The number of hydrogen-bond acceptors (Lipinski definition) is 5. The second-order valence-electron chi connectivity index (χ2n) is 6.44. The molecule has 2 aromatic carbocycles. The summed E-state index contributed by atoms with van der Waals surface area (Å²) in [5.41, 5.74) is 2.01. The number of ether oxygens (including phenoxy) is 2. The monoisotopic (exact) mass is 426 g/mol. The first-order chi connectivity index (χ1) is 14.5. The number of aryl methyl sites for hydroxylation is 1. The van der Waals surface area contributed by atoms with Gasteiger partial charge in [0, 0.05) is 35.7 Å². The van der Waals surface area contributed by atoms with Gasteiger partial charge in [0.05, 0.1) is 5.69 Å². The minimum atomic E-state index is -0.391. The Hall–Kier alpha value is -3.29. The van der Waals surface area contributed by atoms with Crippen molar-refractivity contribution in [1.29, 1.82) is 0 Å². The third-order valence-corrected chi connectivity index (χ3v) is 4.52. The van der Waals surface area contributed by atoms with Gasteiger partial charge in [0.15, 0.2) is 0 Å². The van der Waals surface area contributed by atoms with Crippen LogP contribution in [0.25, 0.3) is 0 Å². The van der Waals surface area contributed by atoms with Crippen LogP contribution < -0.4 is 25.4 Å². The van der Waals surface area contributed by atoms with Crippen LogP contribution in [-0.4, -0.2) is 31.2 Å². The molecule has 0 spiro atoms. The SMILES string of the molecule is CNCCOc1cc(Cl)c(C)cc1NC(=O)Nc1ccc(Oc2ccncc2)cc1. The number of rotatable bonds is 8. The number of halogens is 1. The minimum absolute atomic E-state index is 0.391. The first kappa shape index (κ1) is 21.4. The second-order valence-corrected chi connectivity index (χ2v) is 6.85. The fourth-order valence-corrected chi connectivity index (χ4v) is 2.73. The molecule has 1 heterocycles. The first-order valence-electron chi connectivity index (χ1n) is 9.38. The van der Waals surface area contributed by atoms with Crippen molar-refractivity contribution >= 4 is 29.0 Å². The molecule has 1 aromatic heterocycles. The Morgan fingerprint density at radius 1 is 1.03 bits per heavy atom. The molecule has 3 N–H and O–H groups in total. The minimum Gasteiger partial charge on any atom is -0.490 e. The summed E-state index contributed by atoms with van der Waals surface area (Å²) in [6, 6.07) is 13.7. The lowest BCUT2D eigenvalue weighted by atomic mass is 10.2. The molecule has 0 fully saturated rings. The molecule has 0 radical (unpaired) electrons. The molecule has 8 heteroatoms. The number of nitrogens with zero attached hydrogens (tertiary/aromatic N) is 1. The van der Waals surface area contributed by atoms with Crippen molar-refractivity contribution in [1.82, 2.24) is 10.3 Å². The maximum Gasteiger partial charge on any atom is 0.323 e.